The minimum absolute atomic E-state index is 1.10. The second-order valence-corrected chi connectivity index (χ2v) is 4.30. The van der Waals surface area contributed by atoms with Gasteiger partial charge in [0.1, 0.15) is 0 Å². The van der Waals surface area contributed by atoms with E-state index in [4.69, 9.17) is 0 Å². The Morgan fingerprint density at radius 2 is 2.40 bits per heavy atom. The molecule has 1 N–H and O–H groups in total. The van der Waals surface area contributed by atoms with Gasteiger partial charge in [0.25, 0.3) is 0 Å². The molecule has 0 aromatic carbocycles. The van der Waals surface area contributed by atoms with Crippen LogP contribution in [-0.4, -0.2) is 34.5 Å². The molecule has 1 aliphatic heterocycles. The summed E-state index contributed by atoms with van der Waals surface area (Å²) in [6, 6.07) is 0. The van der Waals surface area contributed by atoms with Crippen molar-refractivity contribution in [2.45, 2.75) is 26.2 Å². The Hall–Kier alpha value is -1.09. The van der Waals surface area contributed by atoms with Crippen LogP contribution in [0.15, 0.2) is 24.2 Å². The number of nitrogens with zero attached hydrogens (tertiary/aromatic N) is 2. The van der Waals surface area contributed by atoms with Crippen molar-refractivity contribution in [2.75, 3.05) is 19.6 Å². The number of hydrogen-bond acceptors (Lipinski definition) is 2. The number of aryl methyl sites for hydroxylation is 1. The molecule has 0 saturated carbocycles. The highest BCUT2D eigenvalue weighted by Crippen LogP contribution is 2.09. The van der Waals surface area contributed by atoms with Crippen LogP contribution in [0.1, 0.15) is 25.5 Å². The molecule has 3 heteroatoms. The van der Waals surface area contributed by atoms with Gasteiger partial charge in [-0.2, -0.15) is 0 Å². The Labute approximate surface area is 91.2 Å². The first kappa shape index (κ1) is 10.4. The predicted molar refractivity (Wildman–Crippen MR) is 61.7 cm³/mol. The van der Waals surface area contributed by atoms with Crippen molar-refractivity contribution >= 4 is 0 Å². The van der Waals surface area contributed by atoms with Crippen molar-refractivity contribution in [1.29, 1.82) is 0 Å². The molecular weight excluding hydrogens is 186 g/mol. The van der Waals surface area contributed by atoms with Crippen molar-refractivity contribution in [3.63, 3.8) is 0 Å². The van der Waals surface area contributed by atoms with E-state index < -0.39 is 0 Å². The topological polar surface area (TPSA) is 31.9 Å². The first-order chi connectivity index (χ1) is 7.34. The zero-order valence-electron chi connectivity index (χ0n) is 9.37. The number of H-pyrrole nitrogens is 1. The van der Waals surface area contributed by atoms with Crippen LogP contribution in [0.2, 0.25) is 0 Å². The third kappa shape index (κ3) is 3.20. The van der Waals surface area contributed by atoms with Crippen LogP contribution < -0.4 is 0 Å². The summed E-state index contributed by atoms with van der Waals surface area (Å²) in [7, 11) is 0. The smallest absolute Gasteiger partial charge is 0.0923 e. The lowest BCUT2D eigenvalue weighted by molar-refractivity contribution is 0.339. The van der Waals surface area contributed by atoms with Crippen molar-refractivity contribution in [2.24, 2.45) is 0 Å². The van der Waals surface area contributed by atoms with Gasteiger partial charge >= 0.3 is 0 Å². The van der Waals surface area contributed by atoms with Crippen LogP contribution >= 0.6 is 0 Å². The Morgan fingerprint density at radius 1 is 1.47 bits per heavy atom. The molecule has 1 aliphatic rings. The largest absolute Gasteiger partial charge is 0.351 e. The van der Waals surface area contributed by atoms with Gasteiger partial charge in [-0.05, 0) is 32.7 Å². The molecule has 1 aromatic heterocycles. The number of unbranched alkanes of at least 4 members (excludes halogenated alkanes) is 1. The Kier molecular flexibility index (Phi) is 3.56. The molecule has 15 heavy (non-hydrogen) atoms. The summed E-state index contributed by atoms with van der Waals surface area (Å²) in [6.07, 6.45) is 9.68. The second-order valence-electron chi connectivity index (χ2n) is 4.30. The molecule has 0 unspecified atom stereocenters. The lowest BCUT2D eigenvalue weighted by Gasteiger charge is -2.14. The minimum Gasteiger partial charge on any atom is -0.351 e. The van der Waals surface area contributed by atoms with E-state index in [1.807, 2.05) is 6.20 Å². The molecule has 0 amide bonds. The maximum absolute atomic E-state index is 4.22. The highest BCUT2D eigenvalue weighted by atomic mass is 15.1. The van der Waals surface area contributed by atoms with Crippen LogP contribution in [0.5, 0.6) is 0 Å². The van der Waals surface area contributed by atoms with Gasteiger partial charge in [-0.15, -0.1) is 0 Å². The lowest BCUT2D eigenvalue weighted by atomic mass is 10.2. The van der Waals surface area contributed by atoms with Gasteiger partial charge in [-0.3, -0.25) is 4.90 Å². The SMILES string of the molecule is CC1=CCN(CCCCc2c[nH]cn2)C1. The van der Waals surface area contributed by atoms with Crippen molar-refractivity contribution in [3.8, 4) is 0 Å². The number of aromatic amines is 1. The number of aromatic nitrogens is 2. The summed E-state index contributed by atoms with van der Waals surface area (Å²) in [5, 5.41) is 0. The standard InChI is InChI=1S/C12H19N3/c1-11-5-7-15(9-11)6-3-2-4-12-8-13-10-14-12/h5,8,10H,2-4,6-7,9H2,1H3,(H,13,14). The number of rotatable bonds is 5. The molecule has 82 valence electrons. The Morgan fingerprint density at radius 3 is 3.07 bits per heavy atom. The van der Waals surface area contributed by atoms with E-state index in [1.165, 1.54) is 37.2 Å². The fourth-order valence-corrected chi connectivity index (χ4v) is 2.01. The normalized spacial score (nSPS) is 17.0. The molecule has 0 spiro atoms. The summed E-state index contributed by atoms with van der Waals surface area (Å²) >= 11 is 0. The molecule has 2 heterocycles. The minimum atomic E-state index is 1.10. The molecule has 0 bridgehead atoms. The van der Waals surface area contributed by atoms with E-state index in [1.54, 1.807) is 6.33 Å². The highest BCUT2D eigenvalue weighted by molar-refractivity contribution is 5.08. The van der Waals surface area contributed by atoms with E-state index in [0.29, 0.717) is 0 Å². The molecule has 0 fully saturated rings. The number of nitrogens with one attached hydrogen (secondary N) is 1. The Bertz CT molecular complexity index is 314. The van der Waals surface area contributed by atoms with Crippen LogP contribution in [0.4, 0.5) is 0 Å². The highest BCUT2D eigenvalue weighted by Gasteiger charge is 2.09. The van der Waals surface area contributed by atoms with E-state index in [9.17, 15) is 0 Å². The first-order valence-electron chi connectivity index (χ1n) is 5.70. The molecule has 0 saturated heterocycles. The summed E-state index contributed by atoms with van der Waals surface area (Å²) in [5.41, 5.74) is 2.70. The average molecular weight is 205 g/mol. The van der Waals surface area contributed by atoms with Gasteiger partial charge in [0.2, 0.25) is 0 Å². The second kappa shape index (κ2) is 5.12. The fourth-order valence-electron chi connectivity index (χ4n) is 2.01. The van der Waals surface area contributed by atoms with Gasteiger partial charge in [0, 0.05) is 19.3 Å². The molecular formula is C12H19N3. The van der Waals surface area contributed by atoms with Gasteiger partial charge < -0.3 is 4.98 Å². The Balaban J connectivity index is 1.56. The molecule has 3 nitrogen and oxygen atoms in total. The van der Waals surface area contributed by atoms with E-state index in [-0.39, 0.29) is 0 Å². The molecule has 2 rings (SSSR count). The third-order valence-electron chi connectivity index (χ3n) is 2.88. The van der Waals surface area contributed by atoms with Crippen LogP contribution in [0, 0.1) is 0 Å². The summed E-state index contributed by atoms with van der Waals surface area (Å²) < 4.78 is 0. The fraction of sp³-hybridized carbons (Fsp3) is 0.583. The molecule has 0 radical (unpaired) electrons. The van der Waals surface area contributed by atoms with Gasteiger partial charge in [0.05, 0.1) is 12.0 Å². The van der Waals surface area contributed by atoms with Gasteiger partial charge in [0.15, 0.2) is 0 Å². The zero-order valence-corrected chi connectivity index (χ0v) is 9.37. The third-order valence-corrected chi connectivity index (χ3v) is 2.88. The van der Waals surface area contributed by atoms with Gasteiger partial charge in [-0.1, -0.05) is 11.6 Å². The van der Waals surface area contributed by atoms with E-state index in [2.05, 4.69) is 27.9 Å². The number of hydrogen-bond donors (Lipinski definition) is 1. The molecule has 0 aliphatic carbocycles. The van der Waals surface area contributed by atoms with Crippen LogP contribution in [0.25, 0.3) is 0 Å². The quantitative estimate of drug-likeness (QED) is 0.589. The number of imidazole rings is 1. The average Bonchev–Trinajstić information content (AvgIpc) is 2.84. The van der Waals surface area contributed by atoms with Crippen molar-refractivity contribution in [3.05, 3.63) is 29.9 Å². The summed E-state index contributed by atoms with van der Waals surface area (Å²) in [4.78, 5) is 9.71. The van der Waals surface area contributed by atoms with Crippen LogP contribution in [-0.2, 0) is 6.42 Å². The maximum Gasteiger partial charge on any atom is 0.0923 e. The predicted octanol–water partition coefficient (Wildman–Crippen LogP) is 1.99. The van der Waals surface area contributed by atoms with Crippen molar-refractivity contribution < 1.29 is 0 Å². The molecule has 0 atom stereocenters. The monoisotopic (exact) mass is 205 g/mol. The van der Waals surface area contributed by atoms with Crippen LogP contribution in [0.3, 0.4) is 0 Å². The van der Waals surface area contributed by atoms with Gasteiger partial charge in [-0.25, -0.2) is 4.98 Å². The maximum atomic E-state index is 4.22. The summed E-state index contributed by atoms with van der Waals surface area (Å²) in [5.74, 6) is 0. The van der Waals surface area contributed by atoms with E-state index >= 15 is 0 Å². The summed E-state index contributed by atoms with van der Waals surface area (Å²) in [6.45, 7) is 5.75. The molecule has 1 aromatic rings. The lowest BCUT2D eigenvalue weighted by Crippen LogP contribution is -2.21. The first-order valence-corrected chi connectivity index (χ1v) is 5.70. The van der Waals surface area contributed by atoms with Crippen molar-refractivity contribution in [1.82, 2.24) is 14.9 Å². The zero-order chi connectivity index (χ0) is 10.5. The van der Waals surface area contributed by atoms with E-state index in [0.717, 1.165) is 13.0 Å².